The maximum absolute atomic E-state index is 11.8. The minimum absolute atomic E-state index is 0.121. The minimum atomic E-state index is 0.121. The fourth-order valence-corrected chi connectivity index (χ4v) is 1.91. The van der Waals surface area contributed by atoms with E-state index in [-0.39, 0.29) is 5.91 Å². The molecular weight excluding hydrogens is 218 g/mol. The van der Waals surface area contributed by atoms with Gasteiger partial charge in [-0.15, -0.1) is 0 Å². The summed E-state index contributed by atoms with van der Waals surface area (Å²) in [6.07, 6.45) is 8.55. The standard InChI is InChI=1S/C11H12N5O/c17-11(8-14-5-3-12-9-14)15-6-10(7-15)16-4-1-2-13-16/h2-5,9-10H,6-8H2. The molecule has 1 saturated heterocycles. The highest BCUT2D eigenvalue weighted by molar-refractivity contribution is 5.76. The molecule has 0 atom stereocenters. The van der Waals surface area contributed by atoms with Gasteiger partial charge in [-0.3, -0.25) is 9.48 Å². The van der Waals surface area contributed by atoms with Crippen LogP contribution in [0.1, 0.15) is 6.04 Å². The predicted molar refractivity (Wildman–Crippen MR) is 58.9 cm³/mol. The zero-order valence-electron chi connectivity index (χ0n) is 9.23. The third kappa shape index (κ3) is 1.93. The molecule has 0 bridgehead atoms. The first-order chi connectivity index (χ1) is 8.33. The fraction of sp³-hybridized carbons (Fsp3) is 0.364. The van der Waals surface area contributed by atoms with E-state index >= 15 is 0 Å². The van der Waals surface area contributed by atoms with Gasteiger partial charge >= 0.3 is 0 Å². The van der Waals surface area contributed by atoms with E-state index in [0.717, 1.165) is 13.1 Å². The highest BCUT2D eigenvalue weighted by Gasteiger charge is 2.31. The van der Waals surface area contributed by atoms with E-state index in [1.807, 2.05) is 15.8 Å². The van der Waals surface area contributed by atoms with Crippen molar-refractivity contribution in [1.29, 1.82) is 0 Å². The Morgan fingerprint density at radius 1 is 1.47 bits per heavy atom. The SMILES string of the molecule is O=C(Cn1ccnc1)N1CC(n2c[c]cn2)C1. The van der Waals surface area contributed by atoms with Crippen molar-refractivity contribution in [2.45, 2.75) is 12.6 Å². The largest absolute Gasteiger partial charge is 0.337 e. The molecule has 1 aliphatic heterocycles. The Labute approximate surface area is 98.5 Å². The maximum atomic E-state index is 11.8. The summed E-state index contributed by atoms with van der Waals surface area (Å²) in [5.41, 5.74) is 0. The summed E-state index contributed by atoms with van der Waals surface area (Å²) in [4.78, 5) is 17.6. The monoisotopic (exact) mass is 230 g/mol. The first-order valence-electron chi connectivity index (χ1n) is 5.46. The molecule has 2 aromatic rings. The van der Waals surface area contributed by atoms with Crippen molar-refractivity contribution in [2.75, 3.05) is 13.1 Å². The molecule has 3 heterocycles. The van der Waals surface area contributed by atoms with Gasteiger partial charge in [0.15, 0.2) is 0 Å². The summed E-state index contributed by atoms with van der Waals surface area (Å²) < 4.78 is 3.62. The highest BCUT2D eigenvalue weighted by Crippen LogP contribution is 2.20. The van der Waals surface area contributed by atoms with Crippen molar-refractivity contribution in [2.24, 2.45) is 0 Å². The normalized spacial score (nSPS) is 15.9. The lowest BCUT2D eigenvalue weighted by Crippen LogP contribution is -2.51. The van der Waals surface area contributed by atoms with E-state index in [1.54, 1.807) is 29.5 Å². The lowest BCUT2D eigenvalue weighted by molar-refractivity contribution is -0.137. The molecule has 87 valence electrons. The van der Waals surface area contributed by atoms with Gasteiger partial charge in [0, 0.05) is 37.7 Å². The van der Waals surface area contributed by atoms with Gasteiger partial charge in [-0.2, -0.15) is 5.10 Å². The Bertz CT molecular complexity index is 484. The molecular formula is C11H12N5O. The van der Waals surface area contributed by atoms with Crippen LogP contribution in [-0.4, -0.2) is 43.2 Å². The molecule has 0 spiro atoms. The predicted octanol–water partition coefficient (Wildman–Crippen LogP) is -0.0367. The Hall–Kier alpha value is -2.11. The van der Waals surface area contributed by atoms with Gasteiger partial charge < -0.3 is 9.47 Å². The second-order valence-corrected chi connectivity index (χ2v) is 4.11. The van der Waals surface area contributed by atoms with E-state index in [2.05, 4.69) is 16.1 Å². The van der Waals surface area contributed by atoms with Crippen molar-refractivity contribution in [3.05, 3.63) is 37.2 Å². The molecule has 0 aliphatic carbocycles. The van der Waals surface area contributed by atoms with Crippen LogP contribution in [0.4, 0.5) is 0 Å². The number of hydrogen-bond acceptors (Lipinski definition) is 3. The molecule has 1 aliphatic rings. The number of amides is 1. The molecule has 6 nitrogen and oxygen atoms in total. The zero-order chi connectivity index (χ0) is 11.7. The summed E-state index contributed by atoms with van der Waals surface area (Å²) in [6, 6.07) is 3.19. The first kappa shape index (κ1) is 10.1. The Balaban J connectivity index is 1.54. The number of likely N-dealkylation sites (tertiary alicyclic amines) is 1. The van der Waals surface area contributed by atoms with E-state index < -0.39 is 0 Å². The molecule has 1 amide bonds. The van der Waals surface area contributed by atoms with Crippen molar-refractivity contribution in [1.82, 2.24) is 24.2 Å². The van der Waals surface area contributed by atoms with E-state index in [9.17, 15) is 4.79 Å². The van der Waals surface area contributed by atoms with Gasteiger partial charge in [0.1, 0.15) is 6.54 Å². The van der Waals surface area contributed by atoms with Gasteiger partial charge in [-0.1, -0.05) is 0 Å². The number of nitrogens with zero attached hydrogens (tertiary/aromatic N) is 5. The van der Waals surface area contributed by atoms with Crippen molar-refractivity contribution in [3.8, 4) is 0 Å². The quantitative estimate of drug-likeness (QED) is 0.743. The molecule has 6 heteroatoms. The van der Waals surface area contributed by atoms with Gasteiger partial charge in [-0.05, 0) is 0 Å². The number of carbonyl (C=O) groups is 1. The molecule has 0 unspecified atom stereocenters. The van der Waals surface area contributed by atoms with Crippen LogP contribution in [-0.2, 0) is 11.3 Å². The number of carbonyl (C=O) groups excluding carboxylic acids is 1. The summed E-state index contributed by atoms with van der Waals surface area (Å²) >= 11 is 0. The van der Waals surface area contributed by atoms with Crippen LogP contribution in [0.25, 0.3) is 0 Å². The molecule has 0 N–H and O–H groups in total. The average Bonchev–Trinajstić information content (AvgIpc) is 2.87. The highest BCUT2D eigenvalue weighted by atomic mass is 16.2. The van der Waals surface area contributed by atoms with Crippen LogP contribution in [0, 0.1) is 6.07 Å². The van der Waals surface area contributed by atoms with Crippen LogP contribution in [0.5, 0.6) is 0 Å². The van der Waals surface area contributed by atoms with Gasteiger partial charge in [0.25, 0.3) is 0 Å². The summed E-state index contributed by atoms with van der Waals surface area (Å²) in [6.45, 7) is 1.81. The molecule has 1 fully saturated rings. The summed E-state index contributed by atoms with van der Waals surface area (Å²) in [7, 11) is 0. The Morgan fingerprint density at radius 3 is 3.00 bits per heavy atom. The molecule has 0 saturated carbocycles. The van der Waals surface area contributed by atoms with Crippen LogP contribution >= 0.6 is 0 Å². The molecule has 3 rings (SSSR count). The molecule has 0 aromatic carbocycles. The minimum Gasteiger partial charge on any atom is -0.337 e. The third-order valence-corrected chi connectivity index (χ3v) is 2.94. The van der Waals surface area contributed by atoms with Gasteiger partial charge in [0.05, 0.1) is 18.6 Å². The van der Waals surface area contributed by atoms with E-state index in [0.29, 0.717) is 12.6 Å². The van der Waals surface area contributed by atoms with Gasteiger partial charge in [0.2, 0.25) is 5.91 Å². The fourth-order valence-electron chi connectivity index (χ4n) is 1.91. The molecule has 2 aromatic heterocycles. The second kappa shape index (κ2) is 4.04. The zero-order valence-corrected chi connectivity index (χ0v) is 9.23. The van der Waals surface area contributed by atoms with Crippen LogP contribution < -0.4 is 0 Å². The molecule has 17 heavy (non-hydrogen) atoms. The lowest BCUT2D eigenvalue weighted by atomic mass is 10.1. The Kier molecular flexibility index (Phi) is 2.40. The number of aromatic nitrogens is 4. The first-order valence-corrected chi connectivity index (χ1v) is 5.46. The average molecular weight is 230 g/mol. The maximum Gasteiger partial charge on any atom is 0.242 e. The Morgan fingerprint density at radius 2 is 2.35 bits per heavy atom. The summed E-state index contributed by atoms with van der Waals surface area (Å²) in [5, 5.41) is 4.12. The van der Waals surface area contributed by atoms with Gasteiger partial charge in [-0.25, -0.2) is 4.98 Å². The van der Waals surface area contributed by atoms with Crippen LogP contribution in [0.2, 0.25) is 0 Å². The van der Waals surface area contributed by atoms with Crippen LogP contribution in [0.15, 0.2) is 31.1 Å². The van der Waals surface area contributed by atoms with Crippen molar-refractivity contribution in [3.63, 3.8) is 0 Å². The number of hydrogen-bond donors (Lipinski definition) is 0. The smallest absolute Gasteiger partial charge is 0.242 e. The topological polar surface area (TPSA) is 56.0 Å². The lowest BCUT2D eigenvalue weighted by Gasteiger charge is -2.39. The van der Waals surface area contributed by atoms with E-state index in [1.165, 1.54) is 0 Å². The van der Waals surface area contributed by atoms with Crippen LogP contribution in [0.3, 0.4) is 0 Å². The third-order valence-electron chi connectivity index (χ3n) is 2.94. The number of rotatable bonds is 3. The second-order valence-electron chi connectivity index (χ2n) is 4.11. The van der Waals surface area contributed by atoms with Crippen molar-refractivity contribution < 1.29 is 4.79 Å². The molecule has 1 radical (unpaired) electrons. The van der Waals surface area contributed by atoms with Crippen molar-refractivity contribution >= 4 is 5.91 Å². The van der Waals surface area contributed by atoms with E-state index in [4.69, 9.17) is 0 Å². The summed E-state index contributed by atoms with van der Waals surface area (Å²) in [5.74, 6) is 0.121. The number of imidazole rings is 1.